The Morgan fingerprint density at radius 3 is 2.73 bits per heavy atom. The van der Waals surface area contributed by atoms with Gasteiger partial charge in [-0.25, -0.2) is 4.39 Å². The number of hydrogen-bond donors (Lipinski definition) is 1. The summed E-state index contributed by atoms with van der Waals surface area (Å²) in [6.07, 6.45) is 0. The summed E-state index contributed by atoms with van der Waals surface area (Å²) in [7, 11) is 0. The second kappa shape index (κ2) is 5.05. The van der Waals surface area contributed by atoms with Gasteiger partial charge in [0.2, 0.25) is 0 Å². The van der Waals surface area contributed by atoms with Crippen LogP contribution in [0, 0.1) is 5.82 Å². The van der Waals surface area contributed by atoms with Crippen LogP contribution in [0.4, 0.5) is 4.39 Å². The molecule has 1 saturated heterocycles. The van der Waals surface area contributed by atoms with Crippen molar-refractivity contribution in [2.75, 3.05) is 26.3 Å². The number of benzene rings is 1. The molecule has 15 heavy (non-hydrogen) atoms. The molecule has 1 aliphatic rings. The van der Waals surface area contributed by atoms with E-state index in [0.717, 1.165) is 32.8 Å². The molecule has 0 amide bonds. The summed E-state index contributed by atoms with van der Waals surface area (Å²) in [5, 5.41) is 0. The fraction of sp³-hybridized carbons (Fsp3) is 0.455. The van der Waals surface area contributed by atoms with E-state index in [-0.39, 0.29) is 5.82 Å². The van der Waals surface area contributed by atoms with Crippen molar-refractivity contribution in [1.29, 1.82) is 0 Å². The van der Waals surface area contributed by atoms with Crippen molar-refractivity contribution in [1.82, 2.24) is 0 Å². The van der Waals surface area contributed by atoms with Crippen LogP contribution in [0.5, 0.6) is 0 Å². The second-order valence-corrected chi connectivity index (χ2v) is 4.64. The minimum Gasteiger partial charge on any atom is -0.370 e. The number of nitrogens with one attached hydrogen (secondary N) is 1. The lowest BCUT2D eigenvalue weighted by Gasteiger charge is -2.23. The first-order valence-electron chi connectivity index (χ1n) is 5.11. The molecule has 0 saturated carbocycles. The summed E-state index contributed by atoms with van der Waals surface area (Å²) in [6.45, 7) is 4.68. The Kier molecular flexibility index (Phi) is 3.72. The Hall–Kier alpha value is -0.450. The number of rotatable bonds is 2. The fourth-order valence-electron chi connectivity index (χ4n) is 1.78. The van der Waals surface area contributed by atoms with Crippen LogP contribution in [0.2, 0.25) is 0 Å². The SMILES string of the molecule is Fc1ccc(C[NH+]2CCOCC2)cc1Br. The standard InChI is InChI=1S/C11H13BrFNO/c12-10-7-9(1-2-11(10)13)8-14-3-5-15-6-4-14/h1-2,7H,3-6,8H2/p+1. The van der Waals surface area contributed by atoms with Crippen LogP contribution in [0.15, 0.2) is 22.7 Å². The van der Waals surface area contributed by atoms with Crippen molar-refractivity contribution < 1.29 is 14.0 Å². The molecular formula is C11H14BrFNO+. The van der Waals surface area contributed by atoms with Gasteiger partial charge in [-0.05, 0) is 28.1 Å². The molecule has 2 nitrogen and oxygen atoms in total. The highest BCUT2D eigenvalue weighted by Gasteiger charge is 2.14. The van der Waals surface area contributed by atoms with Crippen molar-refractivity contribution in [3.63, 3.8) is 0 Å². The van der Waals surface area contributed by atoms with Crippen LogP contribution in [-0.2, 0) is 11.3 Å². The molecule has 0 aromatic heterocycles. The number of quaternary nitrogens is 1. The lowest BCUT2D eigenvalue weighted by atomic mass is 10.2. The zero-order valence-corrected chi connectivity index (χ0v) is 10.0. The summed E-state index contributed by atoms with van der Waals surface area (Å²) >= 11 is 3.20. The molecule has 0 unspecified atom stereocenters. The predicted octanol–water partition coefficient (Wildman–Crippen LogP) is 1.00. The lowest BCUT2D eigenvalue weighted by molar-refractivity contribution is -0.921. The van der Waals surface area contributed by atoms with Gasteiger partial charge in [-0.15, -0.1) is 0 Å². The van der Waals surface area contributed by atoms with Gasteiger partial charge < -0.3 is 9.64 Å². The van der Waals surface area contributed by atoms with Gasteiger partial charge in [-0.2, -0.15) is 0 Å². The molecule has 2 rings (SSSR count). The fourth-order valence-corrected chi connectivity index (χ4v) is 2.20. The molecule has 0 spiro atoms. The Balaban J connectivity index is 2.00. The highest BCUT2D eigenvalue weighted by atomic mass is 79.9. The lowest BCUT2D eigenvalue weighted by Crippen LogP contribution is -3.12. The monoisotopic (exact) mass is 274 g/mol. The van der Waals surface area contributed by atoms with E-state index in [4.69, 9.17) is 4.74 Å². The molecular weight excluding hydrogens is 261 g/mol. The molecule has 0 radical (unpaired) electrons. The highest BCUT2D eigenvalue weighted by molar-refractivity contribution is 9.10. The summed E-state index contributed by atoms with van der Waals surface area (Å²) in [5.74, 6) is -0.198. The maximum Gasteiger partial charge on any atom is 0.137 e. The topological polar surface area (TPSA) is 13.7 Å². The molecule has 0 bridgehead atoms. The minimum atomic E-state index is -0.198. The van der Waals surface area contributed by atoms with E-state index in [0.29, 0.717) is 4.47 Å². The maximum atomic E-state index is 13.0. The first-order chi connectivity index (χ1) is 7.25. The third-order valence-electron chi connectivity index (χ3n) is 2.64. The Labute approximate surface area is 97.2 Å². The first kappa shape index (κ1) is 11.0. The van der Waals surface area contributed by atoms with E-state index >= 15 is 0 Å². The summed E-state index contributed by atoms with van der Waals surface area (Å²) < 4.78 is 18.8. The van der Waals surface area contributed by atoms with Crippen LogP contribution in [0.3, 0.4) is 0 Å². The molecule has 0 atom stereocenters. The summed E-state index contributed by atoms with van der Waals surface area (Å²) in [6, 6.07) is 5.22. The predicted molar refractivity (Wildman–Crippen MR) is 59.3 cm³/mol. The third kappa shape index (κ3) is 3.00. The quantitative estimate of drug-likeness (QED) is 0.850. The van der Waals surface area contributed by atoms with Gasteiger partial charge in [-0.1, -0.05) is 6.07 Å². The van der Waals surface area contributed by atoms with E-state index in [1.165, 1.54) is 16.5 Å². The average molecular weight is 275 g/mol. The first-order valence-corrected chi connectivity index (χ1v) is 5.90. The van der Waals surface area contributed by atoms with E-state index in [9.17, 15) is 4.39 Å². The second-order valence-electron chi connectivity index (χ2n) is 3.79. The molecule has 1 aromatic carbocycles. The third-order valence-corrected chi connectivity index (χ3v) is 3.25. The Morgan fingerprint density at radius 2 is 2.07 bits per heavy atom. The normalized spacial score (nSPS) is 18.0. The zero-order valence-electron chi connectivity index (χ0n) is 8.43. The molecule has 1 heterocycles. The van der Waals surface area contributed by atoms with E-state index < -0.39 is 0 Å². The Morgan fingerprint density at radius 1 is 1.33 bits per heavy atom. The molecule has 1 fully saturated rings. The van der Waals surface area contributed by atoms with Gasteiger partial charge in [0.05, 0.1) is 17.7 Å². The van der Waals surface area contributed by atoms with Crippen LogP contribution < -0.4 is 4.90 Å². The largest absolute Gasteiger partial charge is 0.370 e. The maximum absolute atomic E-state index is 13.0. The van der Waals surface area contributed by atoms with Crippen molar-refractivity contribution >= 4 is 15.9 Å². The van der Waals surface area contributed by atoms with Crippen LogP contribution >= 0.6 is 15.9 Å². The Bertz CT molecular complexity index is 339. The van der Waals surface area contributed by atoms with Gasteiger partial charge in [-0.3, -0.25) is 0 Å². The van der Waals surface area contributed by atoms with E-state index in [1.807, 2.05) is 12.1 Å². The van der Waals surface area contributed by atoms with Crippen molar-refractivity contribution in [2.24, 2.45) is 0 Å². The number of ether oxygens (including phenoxy) is 1. The molecule has 1 aromatic rings. The van der Waals surface area contributed by atoms with Crippen LogP contribution in [0.1, 0.15) is 5.56 Å². The van der Waals surface area contributed by atoms with Crippen molar-refractivity contribution in [3.05, 3.63) is 34.1 Å². The van der Waals surface area contributed by atoms with Crippen LogP contribution in [0.25, 0.3) is 0 Å². The minimum absolute atomic E-state index is 0.198. The molecule has 0 aliphatic carbocycles. The highest BCUT2D eigenvalue weighted by Crippen LogP contribution is 2.16. The number of morpholine rings is 1. The van der Waals surface area contributed by atoms with E-state index in [1.54, 1.807) is 0 Å². The average Bonchev–Trinajstić information content (AvgIpc) is 2.25. The van der Waals surface area contributed by atoms with Gasteiger partial charge in [0.15, 0.2) is 0 Å². The van der Waals surface area contributed by atoms with Crippen LogP contribution in [-0.4, -0.2) is 26.3 Å². The zero-order chi connectivity index (χ0) is 10.7. The summed E-state index contributed by atoms with van der Waals surface area (Å²) in [5.41, 5.74) is 1.17. The molecule has 82 valence electrons. The van der Waals surface area contributed by atoms with Gasteiger partial charge in [0, 0.05) is 5.56 Å². The molecule has 1 N–H and O–H groups in total. The van der Waals surface area contributed by atoms with Gasteiger partial charge in [0.25, 0.3) is 0 Å². The van der Waals surface area contributed by atoms with Gasteiger partial charge in [0.1, 0.15) is 25.5 Å². The molecule has 4 heteroatoms. The smallest absolute Gasteiger partial charge is 0.137 e. The van der Waals surface area contributed by atoms with Gasteiger partial charge >= 0.3 is 0 Å². The number of hydrogen-bond acceptors (Lipinski definition) is 1. The number of halogens is 2. The molecule has 1 aliphatic heterocycles. The van der Waals surface area contributed by atoms with Crippen molar-refractivity contribution in [3.8, 4) is 0 Å². The summed E-state index contributed by atoms with van der Waals surface area (Å²) in [4.78, 5) is 1.50. The van der Waals surface area contributed by atoms with E-state index in [2.05, 4.69) is 15.9 Å². The van der Waals surface area contributed by atoms with Crippen molar-refractivity contribution in [2.45, 2.75) is 6.54 Å².